The number of ether oxygens (including phenoxy) is 1. The highest BCUT2D eigenvalue weighted by molar-refractivity contribution is 6.30. The summed E-state index contributed by atoms with van der Waals surface area (Å²) in [6, 6.07) is 23.7. The van der Waals surface area contributed by atoms with E-state index in [1.54, 1.807) is 0 Å². The van der Waals surface area contributed by atoms with Crippen LogP contribution in [0.25, 0.3) is 0 Å². The van der Waals surface area contributed by atoms with E-state index < -0.39 is 0 Å². The third kappa shape index (κ3) is 5.02. The van der Waals surface area contributed by atoms with Gasteiger partial charge < -0.3 is 15.0 Å². The Hall–Kier alpha value is -2.82. The Bertz CT molecular complexity index is 982. The predicted molar refractivity (Wildman–Crippen MR) is 122 cm³/mol. The number of rotatable bonds is 7. The molecule has 0 bridgehead atoms. The first-order chi connectivity index (χ1) is 14.7. The van der Waals surface area contributed by atoms with Crippen molar-refractivity contribution in [1.29, 1.82) is 0 Å². The Balaban J connectivity index is 1.34. The molecule has 0 amide bonds. The lowest BCUT2D eigenvalue weighted by molar-refractivity contribution is 0.112. The Morgan fingerprint density at radius 2 is 1.67 bits per heavy atom. The average molecular weight is 421 g/mol. The summed E-state index contributed by atoms with van der Waals surface area (Å²) in [5, 5.41) is 4.37. The van der Waals surface area contributed by atoms with Crippen molar-refractivity contribution in [2.24, 2.45) is 0 Å². The van der Waals surface area contributed by atoms with E-state index in [9.17, 15) is 4.79 Å². The standard InChI is InChI=1S/C25H25ClN2O2/c26-21-9-11-23(12-10-21)30-25-8-4-2-5-19(25)17-27-22-13-15-28(16-14-22)24-7-3-1-6-20(24)18-29/h1-12,18,22,27H,13-17H2. The van der Waals surface area contributed by atoms with Crippen molar-refractivity contribution in [1.82, 2.24) is 5.32 Å². The Kier molecular flexibility index (Phi) is 6.67. The molecule has 1 aliphatic rings. The molecule has 3 aromatic carbocycles. The van der Waals surface area contributed by atoms with E-state index >= 15 is 0 Å². The molecule has 0 unspecified atom stereocenters. The third-order valence-corrected chi connectivity index (χ3v) is 5.75. The molecule has 30 heavy (non-hydrogen) atoms. The van der Waals surface area contributed by atoms with Gasteiger partial charge in [-0.1, -0.05) is 41.9 Å². The summed E-state index contributed by atoms with van der Waals surface area (Å²) in [7, 11) is 0. The van der Waals surface area contributed by atoms with Gasteiger partial charge in [-0.3, -0.25) is 4.79 Å². The van der Waals surface area contributed by atoms with Gasteiger partial charge in [-0.05, 0) is 55.3 Å². The summed E-state index contributed by atoms with van der Waals surface area (Å²) < 4.78 is 6.06. The summed E-state index contributed by atoms with van der Waals surface area (Å²) in [5.74, 6) is 1.62. The smallest absolute Gasteiger partial charge is 0.152 e. The number of halogens is 1. The molecule has 1 saturated heterocycles. The van der Waals surface area contributed by atoms with Crippen molar-refractivity contribution in [3.05, 3.63) is 88.9 Å². The molecule has 0 aromatic heterocycles. The first-order valence-electron chi connectivity index (χ1n) is 10.3. The van der Waals surface area contributed by atoms with Crippen molar-refractivity contribution < 1.29 is 9.53 Å². The first-order valence-corrected chi connectivity index (χ1v) is 10.6. The minimum Gasteiger partial charge on any atom is -0.457 e. The SMILES string of the molecule is O=Cc1ccccc1N1CCC(NCc2ccccc2Oc2ccc(Cl)cc2)CC1. The van der Waals surface area contributed by atoms with Gasteiger partial charge in [0.05, 0.1) is 0 Å². The molecule has 1 N–H and O–H groups in total. The minimum absolute atomic E-state index is 0.438. The second kappa shape index (κ2) is 9.79. The highest BCUT2D eigenvalue weighted by atomic mass is 35.5. The maximum atomic E-state index is 11.3. The molecular weight excluding hydrogens is 396 g/mol. The molecule has 4 rings (SSSR count). The van der Waals surface area contributed by atoms with Gasteiger partial charge in [0.15, 0.2) is 6.29 Å². The van der Waals surface area contributed by atoms with Gasteiger partial charge in [-0.15, -0.1) is 0 Å². The van der Waals surface area contributed by atoms with E-state index in [-0.39, 0.29) is 0 Å². The number of carbonyl (C=O) groups excluding carboxylic acids is 1. The van der Waals surface area contributed by atoms with Crippen molar-refractivity contribution in [2.75, 3.05) is 18.0 Å². The van der Waals surface area contributed by atoms with E-state index in [0.717, 1.165) is 67.1 Å². The zero-order valence-electron chi connectivity index (χ0n) is 16.8. The lowest BCUT2D eigenvalue weighted by atomic mass is 10.0. The average Bonchev–Trinajstić information content (AvgIpc) is 2.80. The number of hydrogen-bond acceptors (Lipinski definition) is 4. The minimum atomic E-state index is 0.438. The predicted octanol–water partition coefficient (Wildman–Crippen LogP) is 5.70. The summed E-state index contributed by atoms with van der Waals surface area (Å²) >= 11 is 5.96. The van der Waals surface area contributed by atoms with Crippen LogP contribution in [0, 0.1) is 0 Å². The van der Waals surface area contributed by atoms with Crippen LogP contribution in [0.15, 0.2) is 72.8 Å². The van der Waals surface area contributed by atoms with Crippen LogP contribution in [-0.2, 0) is 6.54 Å². The largest absolute Gasteiger partial charge is 0.457 e. The molecule has 0 atom stereocenters. The summed E-state index contributed by atoms with van der Waals surface area (Å²) in [6.07, 6.45) is 3.01. The molecule has 0 radical (unpaired) electrons. The fraction of sp³-hybridized carbons (Fsp3) is 0.240. The fourth-order valence-electron chi connectivity index (χ4n) is 3.83. The van der Waals surface area contributed by atoms with Gasteiger partial charge in [-0.2, -0.15) is 0 Å². The number of anilines is 1. The van der Waals surface area contributed by atoms with E-state index in [1.165, 1.54) is 0 Å². The zero-order chi connectivity index (χ0) is 20.8. The Morgan fingerprint density at radius 3 is 2.43 bits per heavy atom. The van der Waals surface area contributed by atoms with E-state index in [1.807, 2.05) is 66.7 Å². The maximum absolute atomic E-state index is 11.3. The van der Waals surface area contributed by atoms with Crippen LogP contribution >= 0.6 is 11.6 Å². The van der Waals surface area contributed by atoms with E-state index in [4.69, 9.17) is 16.3 Å². The van der Waals surface area contributed by atoms with Crippen molar-refractivity contribution in [2.45, 2.75) is 25.4 Å². The molecule has 3 aromatic rings. The molecule has 1 fully saturated rings. The topological polar surface area (TPSA) is 41.6 Å². The highest BCUT2D eigenvalue weighted by Crippen LogP contribution is 2.27. The van der Waals surface area contributed by atoms with Gasteiger partial charge in [0.2, 0.25) is 0 Å². The fourth-order valence-corrected chi connectivity index (χ4v) is 3.96. The Labute approximate surface area is 182 Å². The number of nitrogens with zero attached hydrogens (tertiary/aromatic N) is 1. The van der Waals surface area contributed by atoms with Crippen LogP contribution in [0.4, 0.5) is 5.69 Å². The number of hydrogen-bond donors (Lipinski definition) is 1. The normalized spacial score (nSPS) is 14.5. The molecule has 1 heterocycles. The summed E-state index contributed by atoms with van der Waals surface area (Å²) in [4.78, 5) is 13.6. The quantitative estimate of drug-likeness (QED) is 0.497. The van der Waals surface area contributed by atoms with Crippen LogP contribution in [-0.4, -0.2) is 25.4 Å². The second-order valence-electron chi connectivity index (χ2n) is 7.48. The number of carbonyl (C=O) groups is 1. The number of benzene rings is 3. The molecule has 0 aliphatic carbocycles. The monoisotopic (exact) mass is 420 g/mol. The van der Waals surface area contributed by atoms with Crippen LogP contribution in [0.5, 0.6) is 11.5 Å². The third-order valence-electron chi connectivity index (χ3n) is 5.49. The number of piperidine rings is 1. The number of aldehydes is 1. The lowest BCUT2D eigenvalue weighted by Gasteiger charge is -2.34. The molecule has 0 saturated carbocycles. The van der Waals surface area contributed by atoms with Crippen molar-refractivity contribution in [3.8, 4) is 11.5 Å². The highest BCUT2D eigenvalue weighted by Gasteiger charge is 2.20. The van der Waals surface area contributed by atoms with Crippen molar-refractivity contribution in [3.63, 3.8) is 0 Å². The molecule has 5 heteroatoms. The lowest BCUT2D eigenvalue weighted by Crippen LogP contribution is -2.42. The molecule has 154 valence electrons. The summed E-state index contributed by atoms with van der Waals surface area (Å²) in [5.41, 5.74) is 2.92. The van der Waals surface area contributed by atoms with E-state index in [0.29, 0.717) is 11.1 Å². The zero-order valence-corrected chi connectivity index (χ0v) is 17.5. The van der Waals surface area contributed by atoms with Gasteiger partial charge >= 0.3 is 0 Å². The number of para-hydroxylation sites is 2. The van der Waals surface area contributed by atoms with E-state index in [2.05, 4.69) is 16.3 Å². The first kappa shape index (κ1) is 20.5. The van der Waals surface area contributed by atoms with Crippen LogP contribution in [0.2, 0.25) is 5.02 Å². The molecule has 4 nitrogen and oxygen atoms in total. The molecular formula is C25H25ClN2O2. The Morgan fingerprint density at radius 1 is 0.967 bits per heavy atom. The van der Waals surface area contributed by atoms with Crippen LogP contribution < -0.4 is 15.0 Å². The molecule has 1 aliphatic heterocycles. The molecule has 0 spiro atoms. The van der Waals surface area contributed by atoms with Gasteiger partial charge in [0.25, 0.3) is 0 Å². The van der Waals surface area contributed by atoms with Crippen molar-refractivity contribution >= 4 is 23.6 Å². The summed E-state index contributed by atoms with van der Waals surface area (Å²) in [6.45, 7) is 2.62. The second-order valence-corrected chi connectivity index (χ2v) is 7.92. The van der Waals surface area contributed by atoms with Crippen LogP contribution in [0.3, 0.4) is 0 Å². The van der Waals surface area contributed by atoms with Gasteiger partial charge in [0, 0.05) is 47.5 Å². The maximum Gasteiger partial charge on any atom is 0.152 e. The number of nitrogens with one attached hydrogen (secondary N) is 1. The van der Waals surface area contributed by atoms with Gasteiger partial charge in [0.1, 0.15) is 11.5 Å². The van der Waals surface area contributed by atoms with Crippen LogP contribution in [0.1, 0.15) is 28.8 Å². The van der Waals surface area contributed by atoms with Gasteiger partial charge in [-0.25, -0.2) is 0 Å².